The normalized spacial score (nSPS) is 10.5. The van der Waals surface area contributed by atoms with Crippen LogP contribution in [0.5, 0.6) is 0 Å². The highest BCUT2D eigenvalue weighted by Crippen LogP contribution is 2.12. The Labute approximate surface area is 195 Å². The summed E-state index contributed by atoms with van der Waals surface area (Å²) in [5, 5.41) is 5.29. The molecule has 0 fully saturated rings. The number of carbonyl (C=O) groups excluding carboxylic acids is 3. The summed E-state index contributed by atoms with van der Waals surface area (Å²) < 4.78 is 13.2. The average molecular weight is 456 g/mol. The molecular weight excluding hydrogens is 421 g/mol. The monoisotopic (exact) mass is 455 g/mol. The molecule has 178 valence electrons. The molecule has 0 heterocycles. The standard InChI is InChI=1S/C26H34FN3O3/c1-3-4-5-6-7-8-26(33)30(18-21-11-13-22(27)14-12-21)19-25(32)28-17-24(31)29-23-15-9-20(2)10-16-23/h9-16H,3-8,17-19H2,1-2H3,(H,28,32)(H,29,31). The van der Waals surface area contributed by atoms with Gasteiger partial charge in [-0.2, -0.15) is 0 Å². The average Bonchev–Trinajstić information content (AvgIpc) is 2.80. The summed E-state index contributed by atoms with van der Waals surface area (Å²) in [6, 6.07) is 13.2. The van der Waals surface area contributed by atoms with Gasteiger partial charge < -0.3 is 15.5 Å². The molecule has 0 aliphatic carbocycles. The first-order valence-electron chi connectivity index (χ1n) is 11.5. The molecule has 33 heavy (non-hydrogen) atoms. The van der Waals surface area contributed by atoms with Gasteiger partial charge in [0, 0.05) is 18.7 Å². The van der Waals surface area contributed by atoms with Gasteiger partial charge in [0.15, 0.2) is 0 Å². The third-order valence-electron chi connectivity index (χ3n) is 5.25. The van der Waals surface area contributed by atoms with Crippen LogP contribution in [0.3, 0.4) is 0 Å². The van der Waals surface area contributed by atoms with E-state index in [1.54, 1.807) is 24.3 Å². The first-order chi connectivity index (χ1) is 15.9. The zero-order valence-corrected chi connectivity index (χ0v) is 19.5. The Balaban J connectivity index is 1.88. The lowest BCUT2D eigenvalue weighted by Gasteiger charge is -2.22. The minimum Gasteiger partial charge on any atom is -0.345 e. The van der Waals surface area contributed by atoms with Crippen molar-refractivity contribution in [3.8, 4) is 0 Å². The van der Waals surface area contributed by atoms with Crippen LogP contribution in [-0.2, 0) is 20.9 Å². The van der Waals surface area contributed by atoms with E-state index in [0.29, 0.717) is 12.1 Å². The maximum Gasteiger partial charge on any atom is 0.243 e. The van der Waals surface area contributed by atoms with Gasteiger partial charge in [-0.3, -0.25) is 14.4 Å². The Morgan fingerprint density at radius 3 is 2.21 bits per heavy atom. The van der Waals surface area contributed by atoms with Crippen LogP contribution in [0.4, 0.5) is 10.1 Å². The molecule has 0 saturated heterocycles. The van der Waals surface area contributed by atoms with Crippen LogP contribution in [0.25, 0.3) is 0 Å². The van der Waals surface area contributed by atoms with Gasteiger partial charge in [-0.15, -0.1) is 0 Å². The van der Waals surface area contributed by atoms with Crippen molar-refractivity contribution in [3.63, 3.8) is 0 Å². The largest absolute Gasteiger partial charge is 0.345 e. The maximum absolute atomic E-state index is 13.2. The topological polar surface area (TPSA) is 78.5 Å². The fraction of sp³-hybridized carbons (Fsp3) is 0.423. The lowest BCUT2D eigenvalue weighted by Crippen LogP contribution is -2.42. The quantitative estimate of drug-likeness (QED) is 0.434. The van der Waals surface area contributed by atoms with Crippen molar-refractivity contribution in [2.75, 3.05) is 18.4 Å². The van der Waals surface area contributed by atoms with E-state index in [-0.39, 0.29) is 37.3 Å². The number of anilines is 1. The predicted octanol–water partition coefficient (Wildman–Crippen LogP) is 4.58. The van der Waals surface area contributed by atoms with Crippen molar-refractivity contribution in [1.29, 1.82) is 0 Å². The summed E-state index contributed by atoms with van der Waals surface area (Å²) in [7, 11) is 0. The Hall–Kier alpha value is -3.22. The Morgan fingerprint density at radius 1 is 0.879 bits per heavy atom. The maximum atomic E-state index is 13.2. The fourth-order valence-corrected chi connectivity index (χ4v) is 3.33. The minimum atomic E-state index is -0.421. The number of carbonyl (C=O) groups is 3. The second-order valence-corrected chi connectivity index (χ2v) is 8.23. The number of amides is 3. The van der Waals surface area contributed by atoms with E-state index in [1.807, 2.05) is 19.1 Å². The molecule has 0 unspecified atom stereocenters. The van der Waals surface area contributed by atoms with E-state index >= 15 is 0 Å². The van der Waals surface area contributed by atoms with Gasteiger partial charge in [0.05, 0.1) is 13.1 Å². The lowest BCUT2D eigenvalue weighted by molar-refractivity contribution is -0.137. The molecule has 3 amide bonds. The summed E-state index contributed by atoms with van der Waals surface area (Å²) in [5.74, 6) is -1.25. The van der Waals surface area contributed by atoms with Crippen molar-refractivity contribution >= 4 is 23.4 Å². The van der Waals surface area contributed by atoms with Gasteiger partial charge in [0.1, 0.15) is 5.82 Å². The number of unbranched alkanes of at least 4 members (excludes halogenated alkanes) is 4. The third kappa shape index (κ3) is 10.3. The zero-order valence-electron chi connectivity index (χ0n) is 19.5. The van der Waals surface area contributed by atoms with Crippen molar-refractivity contribution in [2.24, 2.45) is 0 Å². The van der Waals surface area contributed by atoms with Crippen molar-refractivity contribution in [2.45, 2.75) is 58.9 Å². The number of aryl methyl sites for hydroxylation is 1. The summed E-state index contributed by atoms with van der Waals surface area (Å²) in [6.45, 7) is 3.94. The van der Waals surface area contributed by atoms with Gasteiger partial charge in [0.2, 0.25) is 17.7 Å². The highest BCUT2D eigenvalue weighted by molar-refractivity contribution is 5.95. The van der Waals surface area contributed by atoms with Crippen LogP contribution in [0.1, 0.15) is 56.6 Å². The van der Waals surface area contributed by atoms with Gasteiger partial charge >= 0.3 is 0 Å². The van der Waals surface area contributed by atoms with Gasteiger partial charge in [-0.05, 0) is 43.2 Å². The smallest absolute Gasteiger partial charge is 0.243 e. The molecule has 0 spiro atoms. The number of rotatable bonds is 13. The van der Waals surface area contributed by atoms with Gasteiger partial charge in [-0.1, -0.05) is 62.4 Å². The third-order valence-corrected chi connectivity index (χ3v) is 5.25. The molecule has 0 aromatic heterocycles. The molecule has 0 atom stereocenters. The van der Waals surface area contributed by atoms with E-state index in [4.69, 9.17) is 0 Å². The molecule has 0 aliphatic heterocycles. The number of hydrogen-bond donors (Lipinski definition) is 2. The lowest BCUT2D eigenvalue weighted by atomic mass is 10.1. The molecule has 6 nitrogen and oxygen atoms in total. The number of hydrogen-bond acceptors (Lipinski definition) is 3. The number of halogens is 1. The zero-order chi connectivity index (χ0) is 24.1. The first-order valence-corrected chi connectivity index (χ1v) is 11.5. The molecule has 2 aromatic rings. The molecule has 0 saturated carbocycles. The summed E-state index contributed by atoms with van der Waals surface area (Å²) in [5.41, 5.74) is 2.47. The Bertz CT molecular complexity index is 898. The molecule has 0 bridgehead atoms. The summed E-state index contributed by atoms with van der Waals surface area (Å²) in [4.78, 5) is 38.8. The molecular formula is C26H34FN3O3. The number of nitrogens with one attached hydrogen (secondary N) is 2. The Morgan fingerprint density at radius 2 is 1.55 bits per heavy atom. The van der Waals surface area contributed by atoms with Crippen molar-refractivity contribution in [1.82, 2.24) is 10.2 Å². The molecule has 2 aromatic carbocycles. The van der Waals surface area contributed by atoms with E-state index in [0.717, 1.165) is 43.2 Å². The highest BCUT2D eigenvalue weighted by atomic mass is 19.1. The molecule has 2 N–H and O–H groups in total. The molecule has 0 aliphatic rings. The summed E-state index contributed by atoms with van der Waals surface area (Å²) >= 11 is 0. The van der Waals surface area contributed by atoms with Gasteiger partial charge in [0.25, 0.3) is 0 Å². The number of nitrogens with zero attached hydrogens (tertiary/aromatic N) is 1. The van der Waals surface area contributed by atoms with Crippen LogP contribution in [-0.4, -0.2) is 35.7 Å². The van der Waals surface area contributed by atoms with Crippen LogP contribution >= 0.6 is 0 Å². The minimum absolute atomic E-state index is 0.130. The SMILES string of the molecule is CCCCCCCC(=O)N(CC(=O)NCC(=O)Nc1ccc(C)cc1)Cc1ccc(F)cc1. The van der Waals surface area contributed by atoms with Crippen LogP contribution in [0, 0.1) is 12.7 Å². The van der Waals surface area contributed by atoms with E-state index in [2.05, 4.69) is 17.6 Å². The van der Waals surface area contributed by atoms with E-state index < -0.39 is 5.91 Å². The van der Waals surface area contributed by atoms with Crippen molar-refractivity contribution < 1.29 is 18.8 Å². The van der Waals surface area contributed by atoms with Crippen LogP contribution in [0.15, 0.2) is 48.5 Å². The van der Waals surface area contributed by atoms with E-state index in [1.165, 1.54) is 17.0 Å². The second-order valence-electron chi connectivity index (χ2n) is 8.23. The second kappa shape index (κ2) is 14.0. The molecule has 2 rings (SSSR count). The predicted molar refractivity (Wildman–Crippen MR) is 128 cm³/mol. The Kier molecular flexibility index (Phi) is 11.1. The summed E-state index contributed by atoms with van der Waals surface area (Å²) in [6.07, 6.45) is 5.43. The molecule has 7 heteroatoms. The van der Waals surface area contributed by atoms with Crippen LogP contribution in [0.2, 0.25) is 0 Å². The van der Waals surface area contributed by atoms with Gasteiger partial charge in [-0.25, -0.2) is 4.39 Å². The van der Waals surface area contributed by atoms with E-state index in [9.17, 15) is 18.8 Å². The number of benzene rings is 2. The highest BCUT2D eigenvalue weighted by Gasteiger charge is 2.18. The molecule has 0 radical (unpaired) electrons. The first kappa shape index (κ1) is 26.0. The van der Waals surface area contributed by atoms with Crippen LogP contribution < -0.4 is 10.6 Å². The fourth-order valence-electron chi connectivity index (χ4n) is 3.33. The van der Waals surface area contributed by atoms with Crippen molar-refractivity contribution in [3.05, 3.63) is 65.5 Å².